The van der Waals surface area contributed by atoms with Crippen LogP contribution in [-0.4, -0.2) is 15.0 Å². The van der Waals surface area contributed by atoms with Gasteiger partial charge in [0.05, 0.1) is 16.1 Å². The van der Waals surface area contributed by atoms with Gasteiger partial charge in [0.1, 0.15) is 5.52 Å². The topological polar surface area (TPSA) is 75.9 Å². The molecule has 128 valence electrons. The van der Waals surface area contributed by atoms with E-state index >= 15 is 0 Å². The van der Waals surface area contributed by atoms with Gasteiger partial charge in [0.25, 0.3) is 11.2 Å². The number of hydrogen-bond donors (Lipinski definition) is 1. The molecule has 0 amide bonds. The molecule has 6 nitrogen and oxygen atoms in total. The summed E-state index contributed by atoms with van der Waals surface area (Å²) in [5, 5.41) is 16.2. The van der Waals surface area contributed by atoms with Gasteiger partial charge in [0.15, 0.2) is 0 Å². The predicted octanol–water partition coefficient (Wildman–Crippen LogP) is 0.492. The zero-order valence-corrected chi connectivity index (χ0v) is 14.7. The van der Waals surface area contributed by atoms with Crippen molar-refractivity contribution in [2.75, 3.05) is 0 Å². The third kappa shape index (κ3) is 2.59. The summed E-state index contributed by atoms with van der Waals surface area (Å²) < 4.78 is 1.97. The van der Waals surface area contributed by atoms with Crippen LogP contribution in [0.1, 0.15) is 25.1 Å². The molecule has 3 aromatic heterocycles. The number of nitrogens with one attached hydrogen (secondary N) is 1. The van der Waals surface area contributed by atoms with Crippen LogP contribution in [0.15, 0.2) is 36.5 Å². The maximum absolute atomic E-state index is 11.0. The minimum Gasteiger partial charge on any atom is -1.00 e. The third-order valence-corrected chi connectivity index (χ3v) is 4.55. The Kier molecular flexibility index (Phi) is 4.30. The highest BCUT2D eigenvalue weighted by atomic mass is 35.5. The minimum atomic E-state index is -0.370. The molecule has 1 N–H and O–H groups in total. The van der Waals surface area contributed by atoms with Gasteiger partial charge in [-0.3, -0.25) is 10.1 Å². The van der Waals surface area contributed by atoms with Crippen LogP contribution in [0.2, 0.25) is 0 Å². The number of fused-ring (bicyclic) bond motifs is 5. The Morgan fingerprint density at radius 2 is 1.96 bits per heavy atom. The maximum atomic E-state index is 11.0. The number of pyridine rings is 1. The number of aromatic amines is 1. The van der Waals surface area contributed by atoms with E-state index in [-0.39, 0.29) is 23.0 Å². The van der Waals surface area contributed by atoms with Crippen LogP contribution in [0.25, 0.3) is 27.3 Å². The average Bonchev–Trinajstić information content (AvgIpc) is 2.98. The van der Waals surface area contributed by atoms with Gasteiger partial charge in [-0.2, -0.15) is 5.10 Å². The fourth-order valence-corrected chi connectivity index (χ4v) is 3.29. The van der Waals surface area contributed by atoms with Gasteiger partial charge in [-0.1, -0.05) is 18.4 Å². The highest BCUT2D eigenvalue weighted by Gasteiger charge is 2.18. The number of rotatable bonds is 3. The molecule has 4 aromatic rings. The van der Waals surface area contributed by atoms with E-state index in [0.29, 0.717) is 0 Å². The van der Waals surface area contributed by atoms with E-state index in [1.165, 1.54) is 17.3 Å². The summed E-state index contributed by atoms with van der Waals surface area (Å²) in [6, 6.07) is 8.95. The molecule has 0 aliphatic rings. The predicted molar refractivity (Wildman–Crippen MR) is 92.2 cm³/mol. The first-order valence-electron chi connectivity index (χ1n) is 8.05. The number of H-pyrrole nitrogens is 1. The number of nitrogens with zero attached hydrogens (tertiary/aromatic N) is 3. The Balaban J connectivity index is 0.00000182. The van der Waals surface area contributed by atoms with Gasteiger partial charge in [-0.15, -0.1) is 0 Å². The molecule has 0 bridgehead atoms. The van der Waals surface area contributed by atoms with E-state index in [1.54, 1.807) is 12.1 Å². The second-order valence-corrected chi connectivity index (χ2v) is 5.87. The van der Waals surface area contributed by atoms with Crippen molar-refractivity contribution in [1.82, 2.24) is 10.1 Å². The summed E-state index contributed by atoms with van der Waals surface area (Å²) in [6.07, 6.45) is 3.83. The van der Waals surface area contributed by atoms with E-state index < -0.39 is 0 Å². The lowest BCUT2D eigenvalue weighted by atomic mass is 10.1. The number of benzene rings is 1. The maximum Gasteiger partial charge on any atom is 0.270 e. The molecule has 0 spiro atoms. The van der Waals surface area contributed by atoms with Crippen LogP contribution in [0.4, 0.5) is 5.69 Å². The molecule has 0 saturated carbocycles. The number of halogens is 1. The Hall–Kier alpha value is -2.73. The van der Waals surface area contributed by atoms with Crippen molar-refractivity contribution in [3.05, 3.63) is 57.9 Å². The quantitative estimate of drug-likeness (QED) is 0.330. The number of hydrogen-bond acceptors (Lipinski definition) is 3. The fraction of sp³-hybridized carbons (Fsp3) is 0.222. The Morgan fingerprint density at radius 3 is 2.64 bits per heavy atom. The second kappa shape index (κ2) is 6.29. The van der Waals surface area contributed by atoms with Crippen molar-refractivity contribution in [3.8, 4) is 0 Å². The molecule has 0 radical (unpaired) electrons. The van der Waals surface area contributed by atoms with Crippen LogP contribution >= 0.6 is 0 Å². The summed E-state index contributed by atoms with van der Waals surface area (Å²) in [5.41, 5.74) is 5.19. The van der Waals surface area contributed by atoms with E-state index in [4.69, 9.17) is 4.98 Å². The van der Waals surface area contributed by atoms with Crippen molar-refractivity contribution < 1.29 is 21.8 Å². The van der Waals surface area contributed by atoms with Crippen molar-refractivity contribution >= 4 is 33.0 Å². The smallest absolute Gasteiger partial charge is 0.270 e. The van der Waals surface area contributed by atoms with Gasteiger partial charge in [-0.05, 0) is 24.5 Å². The third-order valence-electron chi connectivity index (χ3n) is 4.55. The highest BCUT2D eigenvalue weighted by molar-refractivity contribution is 6.11. The Bertz CT molecular complexity index is 1120. The molecule has 0 aliphatic carbocycles. The van der Waals surface area contributed by atoms with Crippen LogP contribution in [0.5, 0.6) is 0 Å². The highest BCUT2D eigenvalue weighted by Crippen LogP contribution is 2.29. The van der Waals surface area contributed by atoms with Gasteiger partial charge in [0, 0.05) is 35.0 Å². The molecule has 25 heavy (non-hydrogen) atoms. The standard InChI is InChI=1S/C18H16N4O2.ClH/c1-3-11-9-17-18-13(7-8-21(17)20-15(11)4-2)14-10-12(22(23)24)5-6-16(14)19-18;/h5-10H,3-4H2,1-2H3;1H. The normalized spacial score (nSPS) is 11.1. The molecule has 3 heterocycles. The van der Waals surface area contributed by atoms with E-state index in [0.717, 1.165) is 40.2 Å². The molecule has 0 aliphatic heterocycles. The number of nitro benzene ring substituents is 1. The number of aryl methyl sites for hydroxylation is 2. The van der Waals surface area contributed by atoms with Gasteiger partial charge in [0.2, 0.25) is 6.20 Å². The molecule has 0 atom stereocenters. The van der Waals surface area contributed by atoms with Crippen LogP contribution in [-0.2, 0) is 12.8 Å². The van der Waals surface area contributed by atoms with Crippen molar-refractivity contribution in [1.29, 1.82) is 0 Å². The van der Waals surface area contributed by atoms with E-state index in [9.17, 15) is 10.1 Å². The molecule has 0 unspecified atom stereocenters. The largest absolute Gasteiger partial charge is 1.00 e. The SMILES string of the molecule is CCc1cc2c3nc4ccc([N+](=O)[O-])cc4c3cc[n+]2[nH]c1CC.[Cl-]. The van der Waals surface area contributed by atoms with Crippen molar-refractivity contribution in [3.63, 3.8) is 0 Å². The molecule has 0 saturated heterocycles. The van der Waals surface area contributed by atoms with Crippen molar-refractivity contribution in [2.24, 2.45) is 0 Å². The number of aromatic nitrogens is 3. The van der Waals surface area contributed by atoms with Crippen LogP contribution in [0.3, 0.4) is 0 Å². The van der Waals surface area contributed by atoms with Crippen LogP contribution < -0.4 is 16.9 Å². The van der Waals surface area contributed by atoms with E-state index in [1.807, 2.05) is 16.8 Å². The fourth-order valence-electron chi connectivity index (χ4n) is 3.29. The van der Waals surface area contributed by atoms with Crippen molar-refractivity contribution in [2.45, 2.75) is 26.7 Å². The van der Waals surface area contributed by atoms with Gasteiger partial charge < -0.3 is 12.4 Å². The zero-order chi connectivity index (χ0) is 16.8. The summed E-state index contributed by atoms with van der Waals surface area (Å²) in [7, 11) is 0. The van der Waals surface area contributed by atoms with Crippen LogP contribution in [0, 0.1) is 10.1 Å². The molecular weight excluding hydrogens is 340 g/mol. The first-order valence-corrected chi connectivity index (χ1v) is 8.05. The molecule has 4 rings (SSSR count). The minimum absolute atomic E-state index is 0. The lowest BCUT2D eigenvalue weighted by Gasteiger charge is -2.04. The number of non-ortho nitro benzene ring substituents is 1. The summed E-state index contributed by atoms with van der Waals surface area (Å²) in [6.45, 7) is 4.27. The molecular formula is C18H17ClN4O2. The summed E-state index contributed by atoms with van der Waals surface area (Å²) in [4.78, 5) is 15.4. The summed E-state index contributed by atoms with van der Waals surface area (Å²) in [5.74, 6) is 0. The second-order valence-electron chi connectivity index (χ2n) is 5.87. The molecule has 7 heteroatoms. The first-order chi connectivity index (χ1) is 11.6. The van der Waals surface area contributed by atoms with E-state index in [2.05, 4.69) is 25.0 Å². The lowest BCUT2D eigenvalue weighted by Crippen LogP contribution is -3.00. The Morgan fingerprint density at radius 1 is 1.16 bits per heavy atom. The monoisotopic (exact) mass is 356 g/mol. The Labute approximate surface area is 150 Å². The average molecular weight is 357 g/mol. The number of nitro groups is 1. The van der Waals surface area contributed by atoms with Gasteiger partial charge in [-0.25, -0.2) is 4.98 Å². The molecule has 1 aromatic carbocycles. The lowest BCUT2D eigenvalue weighted by molar-refractivity contribution is -0.580. The first kappa shape index (κ1) is 17.1. The zero-order valence-electron chi connectivity index (χ0n) is 13.9. The summed E-state index contributed by atoms with van der Waals surface area (Å²) >= 11 is 0. The molecule has 0 fully saturated rings. The van der Waals surface area contributed by atoms with Gasteiger partial charge >= 0.3 is 0 Å².